The summed E-state index contributed by atoms with van der Waals surface area (Å²) >= 11 is 0. The Labute approximate surface area is 107 Å². The highest BCUT2D eigenvalue weighted by Gasteiger charge is 2.22. The minimum atomic E-state index is -1.22. The molecule has 2 heterocycles. The first-order chi connectivity index (χ1) is 9.15. The number of aromatic hydroxyl groups is 1. The van der Waals surface area contributed by atoms with Crippen molar-refractivity contribution in [2.45, 2.75) is 0 Å². The lowest BCUT2D eigenvalue weighted by molar-refractivity contribution is 0.0652. The van der Waals surface area contributed by atoms with Crippen molar-refractivity contribution >= 4 is 5.97 Å². The molecule has 0 amide bonds. The van der Waals surface area contributed by atoms with Gasteiger partial charge in [-0.25, -0.2) is 4.79 Å². The van der Waals surface area contributed by atoms with Crippen LogP contribution >= 0.6 is 0 Å². The van der Waals surface area contributed by atoms with Crippen LogP contribution in [0.4, 0.5) is 0 Å². The number of carbonyl (C=O) groups is 1. The number of fused-ring (bicyclic) bond motifs is 1. The molecule has 0 fully saturated rings. The predicted octanol–water partition coefficient (Wildman–Crippen LogP) is 1.52. The lowest BCUT2D eigenvalue weighted by atomic mass is 10.1. The maximum atomic E-state index is 10.8. The second-order valence-electron chi connectivity index (χ2n) is 3.90. The lowest BCUT2D eigenvalue weighted by Gasteiger charge is -2.20. The van der Waals surface area contributed by atoms with Gasteiger partial charge in [0.2, 0.25) is 5.76 Å². The third-order valence-electron chi connectivity index (χ3n) is 2.62. The lowest BCUT2D eigenvalue weighted by Crippen LogP contribution is -2.15. The average molecular weight is 263 g/mol. The molecule has 0 aliphatic carbocycles. The molecule has 0 saturated heterocycles. The predicted molar refractivity (Wildman–Crippen MR) is 61.6 cm³/mol. The number of ether oxygens (including phenoxy) is 2. The number of aromatic carboxylic acids is 1. The van der Waals surface area contributed by atoms with E-state index in [4.69, 9.17) is 14.6 Å². The van der Waals surface area contributed by atoms with Crippen molar-refractivity contribution in [1.29, 1.82) is 0 Å². The Hall–Kier alpha value is -2.70. The van der Waals surface area contributed by atoms with E-state index in [2.05, 4.69) is 9.68 Å². The molecule has 0 unspecified atom stereocenters. The van der Waals surface area contributed by atoms with Crippen molar-refractivity contribution in [1.82, 2.24) is 5.16 Å². The third-order valence-corrected chi connectivity index (χ3v) is 2.62. The number of carboxylic acids is 1. The number of rotatable bonds is 2. The van der Waals surface area contributed by atoms with Crippen LogP contribution in [0.15, 0.2) is 22.7 Å². The number of hydrogen-bond donors (Lipinski definition) is 2. The van der Waals surface area contributed by atoms with Crippen LogP contribution in [-0.4, -0.2) is 34.6 Å². The number of hydrogen-bond acceptors (Lipinski definition) is 6. The van der Waals surface area contributed by atoms with E-state index in [1.807, 2.05) is 0 Å². The van der Waals surface area contributed by atoms with Crippen LogP contribution in [-0.2, 0) is 0 Å². The van der Waals surface area contributed by atoms with Gasteiger partial charge in [0.05, 0.1) is 5.56 Å². The summed E-state index contributed by atoms with van der Waals surface area (Å²) in [5.74, 6) is -0.733. The summed E-state index contributed by atoms with van der Waals surface area (Å²) in [6.07, 6.45) is 0. The Morgan fingerprint density at radius 3 is 2.74 bits per heavy atom. The van der Waals surface area contributed by atoms with Gasteiger partial charge in [-0.05, 0) is 6.07 Å². The highest BCUT2D eigenvalue weighted by atomic mass is 16.6. The SMILES string of the molecule is O=C(O)c1cc(-c2cc(O)cc3c2OCCO3)no1. The van der Waals surface area contributed by atoms with E-state index < -0.39 is 5.97 Å². The van der Waals surface area contributed by atoms with Gasteiger partial charge in [-0.15, -0.1) is 0 Å². The molecule has 7 nitrogen and oxygen atoms in total. The smallest absolute Gasteiger partial charge is 0.374 e. The number of phenolic OH excluding ortho intramolecular Hbond substituents is 1. The van der Waals surface area contributed by atoms with Gasteiger partial charge in [0.25, 0.3) is 0 Å². The monoisotopic (exact) mass is 263 g/mol. The van der Waals surface area contributed by atoms with Crippen LogP contribution in [0.1, 0.15) is 10.6 Å². The van der Waals surface area contributed by atoms with E-state index in [0.29, 0.717) is 30.3 Å². The minimum absolute atomic E-state index is 0.0286. The molecule has 2 N–H and O–H groups in total. The number of carboxylic acid groups (broad SMARTS) is 1. The van der Waals surface area contributed by atoms with Crippen molar-refractivity contribution in [3.8, 4) is 28.5 Å². The van der Waals surface area contributed by atoms with E-state index >= 15 is 0 Å². The van der Waals surface area contributed by atoms with E-state index in [9.17, 15) is 9.90 Å². The van der Waals surface area contributed by atoms with Gasteiger partial charge in [0, 0.05) is 12.1 Å². The number of nitrogens with zero attached hydrogens (tertiary/aromatic N) is 1. The van der Waals surface area contributed by atoms with Gasteiger partial charge < -0.3 is 24.2 Å². The molecule has 0 atom stereocenters. The second-order valence-corrected chi connectivity index (χ2v) is 3.90. The van der Waals surface area contributed by atoms with Crippen LogP contribution in [0.3, 0.4) is 0 Å². The summed E-state index contributed by atoms with van der Waals surface area (Å²) in [7, 11) is 0. The normalized spacial score (nSPS) is 13.3. The molecule has 19 heavy (non-hydrogen) atoms. The molecule has 1 aliphatic rings. The third kappa shape index (κ3) is 1.95. The zero-order valence-electron chi connectivity index (χ0n) is 9.62. The molecule has 0 radical (unpaired) electrons. The molecule has 2 aromatic rings. The van der Waals surface area contributed by atoms with Crippen LogP contribution in [0, 0.1) is 0 Å². The van der Waals surface area contributed by atoms with E-state index in [-0.39, 0.29) is 17.2 Å². The zero-order valence-corrected chi connectivity index (χ0v) is 9.62. The molecule has 1 aromatic heterocycles. The topological polar surface area (TPSA) is 102 Å². The summed E-state index contributed by atoms with van der Waals surface area (Å²) in [6.45, 7) is 0.753. The number of phenols is 1. The Morgan fingerprint density at radius 1 is 1.21 bits per heavy atom. The molecular weight excluding hydrogens is 254 g/mol. The van der Waals surface area contributed by atoms with Crippen molar-refractivity contribution in [2.75, 3.05) is 13.2 Å². The average Bonchev–Trinajstić information content (AvgIpc) is 2.87. The molecule has 0 saturated carbocycles. The van der Waals surface area contributed by atoms with Crippen LogP contribution in [0.2, 0.25) is 0 Å². The minimum Gasteiger partial charge on any atom is -0.508 e. The first-order valence-corrected chi connectivity index (χ1v) is 5.48. The highest BCUT2D eigenvalue weighted by Crippen LogP contribution is 2.42. The van der Waals surface area contributed by atoms with Crippen LogP contribution in [0.25, 0.3) is 11.3 Å². The van der Waals surface area contributed by atoms with Gasteiger partial charge in [0.15, 0.2) is 11.5 Å². The Balaban J connectivity index is 2.12. The standard InChI is InChI=1S/C12H9NO6/c14-6-3-7(8-5-10(12(15)16)19-13-8)11-9(4-6)17-1-2-18-11/h3-5,14H,1-2H2,(H,15,16). The van der Waals surface area contributed by atoms with Gasteiger partial charge >= 0.3 is 5.97 Å². The van der Waals surface area contributed by atoms with E-state index in [1.54, 1.807) is 0 Å². The fourth-order valence-electron chi connectivity index (χ4n) is 1.83. The fourth-order valence-corrected chi connectivity index (χ4v) is 1.83. The maximum Gasteiger partial charge on any atom is 0.374 e. The largest absolute Gasteiger partial charge is 0.508 e. The zero-order chi connectivity index (χ0) is 13.4. The Kier molecular flexibility index (Phi) is 2.52. The quantitative estimate of drug-likeness (QED) is 0.846. The van der Waals surface area contributed by atoms with Crippen LogP contribution < -0.4 is 9.47 Å². The first kappa shape index (κ1) is 11.4. The van der Waals surface area contributed by atoms with Crippen molar-refractivity contribution in [2.24, 2.45) is 0 Å². The summed E-state index contributed by atoms with van der Waals surface area (Å²) in [6, 6.07) is 4.10. The summed E-state index contributed by atoms with van der Waals surface area (Å²) in [4.78, 5) is 10.8. The maximum absolute atomic E-state index is 10.8. The molecule has 7 heteroatoms. The molecule has 1 aromatic carbocycles. The molecule has 0 bridgehead atoms. The number of aromatic nitrogens is 1. The summed E-state index contributed by atoms with van der Waals surface area (Å²) in [5.41, 5.74) is 0.681. The molecular formula is C12H9NO6. The second kappa shape index (κ2) is 4.20. The van der Waals surface area contributed by atoms with Crippen molar-refractivity contribution in [3.05, 3.63) is 24.0 Å². The molecule has 98 valence electrons. The van der Waals surface area contributed by atoms with Gasteiger partial charge in [-0.2, -0.15) is 0 Å². The summed E-state index contributed by atoms with van der Waals surface area (Å²) in [5, 5.41) is 22.1. The van der Waals surface area contributed by atoms with Gasteiger partial charge in [-0.1, -0.05) is 5.16 Å². The van der Waals surface area contributed by atoms with Gasteiger partial charge in [0.1, 0.15) is 24.7 Å². The van der Waals surface area contributed by atoms with E-state index in [0.717, 1.165) is 0 Å². The van der Waals surface area contributed by atoms with E-state index in [1.165, 1.54) is 18.2 Å². The van der Waals surface area contributed by atoms with Crippen LogP contribution in [0.5, 0.6) is 17.2 Å². The fraction of sp³-hybridized carbons (Fsp3) is 0.167. The summed E-state index contributed by atoms with van der Waals surface area (Å²) < 4.78 is 15.5. The Bertz CT molecular complexity index is 648. The van der Waals surface area contributed by atoms with Crippen molar-refractivity contribution in [3.63, 3.8) is 0 Å². The molecule has 3 rings (SSSR count). The highest BCUT2D eigenvalue weighted by molar-refractivity contribution is 5.86. The molecule has 1 aliphatic heterocycles. The van der Waals surface area contributed by atoms with Gasteiger partial charge in [-0.3, -0.25) is 0 Å². The number of benzene rings is 1. The Morgan fingerprint density at radius 2 is 2.00 bits per heavy atom. The molecule has 0 spiro atoms. The first-order valence-electron chi connectivity index (χ1n) is 5.48. The van der Waals surface area contributed by atoms with Crippen molar-refractivity contribution < 1.29 is 29.0 Å².